The van der Waals surface area contributed by atoms with Gasteiger partial charge in [0.25, 0.3) is 11.1 Å². The molecule has 0 saturated carbocycles. The summed E-state index contributed by atoms with van der Waals surface area (Å²) in [6, 6.07) is 14.7. The zero-order valence-electron chi connectivity index (χ0n) is 17.6. The minimum atomic E-state index is -0.456. The molecular weight excluding hydrogens is 506 g/mol. The van der Waals surface area contributed by atoms with Gasteiger partial charge in [0.05, 0.1) is 21.0 Å². The third-order valence-corrected chi connectivity index (χ3v) is 6.93. The van der Waals surface area contributed by atoms with Crippen molar-refractivity contribution in [2.45, 2.75) is 19.4 Å². The standard InChI is InChI=1S/C24H20BrN3O4S/c25-19-11-16(7-8-20(19)32-15-18-6-2-1-5-17(18)13-26)12-21-23(30)28(24(31)33-21)14-22(29)27-9-3-4-10-27/h1-2,5-8,11-12H,3-4,9-10,14-15H2/b21-12+. The number of nitriles is 1. The number of ether oxygens (including phenoxy) is 1. The molecule has 0 spiro atoms. The van der Waals surface area contributed by atoms with Gasteiger partial charge in [-0.3, -0.25) is 19.3 Å². The molecule has 33 heavy (non-hydrogen) atoms. The van der Waals surface area contributed by atoms with Crippen molar-refractivity contribution in [1.82, 2.24) is 9.80 Å². The van der Waals surface area contributed by atoms with Gasteiger partial charge in [-0.05, 0) is 70.4 Å². The number of amides is 3. The molecule has 2 fully saturated rings. The SMILES string of the molecule is N#Cc1ccccc1COc1ccc(/C=C2/SC(=O)N(CC(=O)N3CCCC3)C2=O)cc1Br. The highest BCUT2D eigenvalue weighted by Crippen LogP contribution is 2.34. The summed E-state index contributed by atoms with van der Waals surface area (Å²) < 4.78 is 6.52. The lowest BCUT2D eigenvalue weighted by atomic mass is 10.1. The number of hydrogen-bond acceptors (Lipinski definition) is 6. The van der Waals surface area contributed by atoms with Gasteiger partial charge in [-0.15, -0.1) is 0 Å². The Bertz CT molecular complexity index is 1180. The molecular formula is C24H20BrN3O4S. The first-order chi connectivity index (χ1) is 16.0. The Balaban J connectivity index is 1.43. The Hall–Kier alpha value is -3.09. The highest BCUT2D eigenvalue weighted by Gasteiger charge is 2.37. The smallest absolute Gasteiger partial charge is 0.294 e. The number of hydrogen-bond donors (Lipinski definition) is 0. The van der Waals surface area contributed by atoms with Gasteiger partial charge in [0, 0.05) is 18.7 Å². The molecule has 0 unspecified atom stereocenters. The molecule has 0 atom stereocenters. The first kappa shape index (κ1) is 23.1. The van der Waals surface area contributed by atoms with Crippen LogP contribution in [0.3, 0.4) is 0 Å². The minimum absolute atomic E-state index is 0.196. The van der Waals surface area contributed by atoms with Crippen LogP contribution in [0.4, 0.5) is 4.79 Å². The summed E-state index contributed by atoms with van der Waals surface area (Å²) in [5.41, 5.74) is 2.06. The van der Waals surface area contributed by atoms with E-state index in [9.17, 15) is 19.6 Å². The molecule has 9 heteroatoms. The summed E-state index contributed by atoms with van der Waals surface area (Å²) in [5, 5.41) is 8.77. The van der Waals surface area contributed by atoms with E-state index in [1.54, 1.807) is 41.3 Å². The maximum atomic E-state index is 12.7. The van der Waals surface area contributed by atoms with Crippen LogP contribution in [0.1, 0.15) is 29.5 Å². The van der Waals surface area contributed by atoms with Gasteiger partial charge in [0.1, 0.15) is 18.9 Å². The van der Waals surface area contributed by atoms with Crippen LogP contribution in [0, 0.1) is 11.3 Å². The van der Waals surface area contributed by atoms with E-state index in [1.165, 1.54) is 0 Å². The van der Waals surface area contributed by atoms with E-state index in [-0.39, 0.29) is 24.0 Å². The first-order valence-corrected chi connectivity index (χ1v) is 12.0. The van der Waals surface area contributed by atoms with Gasteiger partial charge in [-0.1, -0.05) is 24.3 Å². The molecule has 7 nitrogen and oxygen atoms in total. The van der Waals surface area contributed by atoms with Crippen molar-refractivity contribution in [2.24, 2.45) is 0 Å². The fraction of sp³-hybridized carbons (Fsp3) is 0.250. The summed E-state index contributed by atoms with van der Waals surface area (Å²) in [6.07, 6.45) is 3.53. The van der Waals surface area contributed by atoms with E-state index in [0.717, 1.165) is 35.1 Å². The molecule has 0 aromatic heterocycles. The second kappa shape index (κ2) is 10.2. The summed E-state index contributed by atoms with van der Waals surface area (Å²) in [4.78, 5) is 40.4. The van der Waals surface area contributed by atoms with E-state index in [0.29, 0.717) is 34.4 Å². The van der Waals surface area contributed by atoms with Crippen LogP contribution in [0.25, 0.3) is 6.08 Å². The molecule has 0 bridgehead atoms. The van der Waals surface area contributed by atoms with Crippen molar-refractivity contribution in [3.8, 4) is 11.8 Å². The monoisotopic (exact) mass is 525 g/mol. The number of imide groups is 1. The third kappa shape index (κ3) is 5.29. The van der Waals surface area contributed by atoms with Crippen LogP contribution < -0.4 is 4.74 Å². The van der Waals surface area contributed by atoms with E-state index in [4.69, 9.17) is 4.74 Å². The quantitative estimate of drug-likeness (QED) is 0.513. The lowest BCUT2D eigenvalue weighted by molar-refractivity contribution is -0.135. The Kier molecular flexibility index (Phi) is 7.16. The van der Waals surface area contributed by atoms with Crippen LogP contribution in [-0.2, 0) is 16.2 Å². The zero-order valence-corrected chi connectivity index (χ0v) is 20.0. The van der Waals surface area contributed by atoms with Gasteiger partial charge in [0.2, 0.25) is 5.91 Å². The van der Waals surface area contributed by atoms with Crippen LogP contribution in [0.15, 0.2) is 51.8 Å². The van der Waals surface area contributed by atoms with Crippen molar-refractivity contribution in [1.29, 1.82) is 5.26 Å². The predicted octanol–water partition coefficient (Wildman–Crippen LogP) is 4.56. The van der Waals surface area contributed by atoms with Gasteiger partial charge >= 0.3 is 0 Å². The minimum Gasteiger partial charge on any atom is -0.488 e. The third-order valence-electron chi connectivity index (χ3n) is 5.40. The van der Waals surface area contributed by atoms with Crippen LogP contribution in [0.2, 0.25) is 0 Å². The number of halogens is 1. The Morgan fingerprint density at radius 3 is 2.67 bits per heavy atom. The number of rotatable bonds is 6. The number of carbonyl (C=O) groups is 3. The molecule has 3 amide bonds. The number of likely N-dealkylation sites (tertiary alicyclic amines) is 1. The summed E-state index contributed by atoms with van der Waals surface area (Å²) in [6.45, 7) is 1.37. The highest BCUT2D eigenvalue weighted by molar-refractivity contribution is 9.10. The fourth-order valence-electron chi connectivity index (χ4n) is 3.62. The molecule has 168 valence electrons. The van der Waals surface area contributed by atoms with Crippen molar-refractivity contribution in [3.63, 3.8) is 0 Å². The lowest BCUT2D eigenvalue weighted by Gasteiger charge is -2.18. The van der Waals surface area contributed by atoms with Gasteiger partial charge in [0.15, 0.2) is 0 Å². The average Bonchev–Trinajstić information content (AvgIpc) is 3.44. The van der Waals surface area contributed by atoms with E-state index < -0.39 is 11.1 Å². The second-order valence-electron chi connectivity index (χ2n) is 7.60. The average molecular weight is 526 g/mol. The molecule has 2 aromatic carbocycles. The molecule has 2 aromatic rings. The highest BCUT2D eigenvalue weighted by atomic mass is 79.9. The van der Waals surface area contributed by atoms with Crippen LogP contribution in [-0.4, -0.2) is 46.5 Å². The van der Waals surface area contributed by atoms with E-state index in [2.05, 4.69) is 22.0 Å². The summed E-state index contributed by atoms with van der Waals surface area (Å²) >= 11 is 4.31. The number of carbonyl (C=O) groups excluding carboxylic acids is 3. The topological polar surface area (TPSA) is 90.7 Å². The Morgan fingerprint density at radius 2 is 1.94 bits per heavy atom. The van der Waals surface area contributed by atoms with Crippen molar-refractivity contribution in [2.75, 3.05) is 19.6 Å². The van der Waals surface area contributed by atoms with Crippen molar-refractivity contribution in [3.05, 3.63) is 68.5 Å². The molecule has 0 N–H and O–H groups in total. The molecule has 2 aliphatic heterocycles. The normalized spacial score (nSPS) is 17.0. The fourth-order valence-corrected chi connectivity index (χ4v) is 4.97. The lowest BCUT2D eigenvalue weighted by Crippen LogP contribution is -2.40. The van der Waals surface area contributed by atoms with E-state index >= 15 is 0 Å². The molecule has 0 radical (unpaired) electrons. The number of benzene rings is 2. The molecule has 2 saturated heterocycles. The summed E-state index contributed by atoms with van der Waals surface area (Å²) in [7, 11) is 0. The maximum Gasteiger partial charge on any atom is 0.294 e. The Labute approximate surface area is 204 Å². The predicted molar refractivity (Wildman–Crippen MR) is 128 cm³/mol. The molecule has 4 rings (SSSR count). The molecule has 0 aliphatic carbocycles. The van der Waals surface area contributed by atoms with Crippen LogP contribution in [0.5, 0.6) is 5.75 Å². The Morgan fingerprint density at radius 1 is 1.18 bits per heavy atom. The largest absolute Gasteiger partial charge is 0.488 e. The van der Waals surface area contributed by atoms with Gasteiger partial charge in [-0.2, -0.15) is 5.26 Å². The van der Waals surface area contributed by atoms with Gasteiger partial charge in [-0.25, -0.2) is 0 Å². The van der Waals surface area contributed by atoms with Crippen LogP contribution >= 0.6 is 27.7 Å². The zero-order chi connectivity index (χ0) is 23.4. The van der Waals surface area contributed by atoms with Gasteiger partial charge < -0.3 is 9.64 Å². The summed E-state index contributed by atoms with van der Waals surface area (Å²) in [5.74, 6) is -0.0652. The first-order valence-electron chi connectivity index (χ1n) is 10.4. The molecule has 2 aliphatic rings. The van der Waals surface area contributed by atoms with Crippen molar-refractivity contribution < 1.29 is 19.1 Å². The van der Waals surface area contributed by atoms with Crippen molar-refractivity contribution >= 4 is 50.8 Å². The molecule has 2 heterocycles. The maximum absolute atomic E-state index is 12.7. The van der Waals surface area contributed by atoms with E-state index in [1.807, 2.05) is 12.1 Å². The number of thioether (sulfide) groups is 1. The second-order valence-corrected chi connectivity index (χ2v) is 9.45. The number of nitrogens with zero attached hydrogens (tertiary/aromatic N) is 3.